The molecule has 2 N–H and O–H groups in total. The predicted octanol–water partition coefficient (Wildman–Crippen LogP) is 2.75. The Kier molecular flexibility index (Phi) is 4.07. The lowest BCUT2D eigenvalue weighted by Gasteiger charge is -2.17. The van der Waals surface area contributed by atoms with Gasteiger partial charge in [0.1, 0.15) is 5.76 Å². The summed E-state index contributed by atoms with van der Waals surface area (Å²) < 4.78 is 29.1. The molecule has 0 aliphatic carbocycles. The van der Waals surface area contributed by atoms with Gasteiger partial charge in [-0.25, -0.2) is 8.42 Å². The topological polar surface area (TPSA) is 101 Å². The Morgan fingerprint density at radius 1 is 0.923 bits per heavy atom. The number of ether oxygens (including phenoxy) is 1. The molecule has 136 valence electrons. The summed E-state index contributed by atoms with van der Waals surface area (Å²) in [4.78, 5) is 13.0. The summed E-state index contributed by atoms with van der Waals surface area (Å²) in [6.45, 7) is 3.26. The quantitative estimate of drug-likeness (QED) is 0.801. The Balaban J connectivity index is 2.18. The molecule has 26 heavy (non-hydrogen) atoms. The van der Waals surface area contributed by atoms with Gasteiger partial charge in [0.15, 0.2) is 26.9 Å². The summed E-state index contributed by atoms with van der Waals surface area (Å²) in [5.74, 6) is -0.617. The number of benzene rings is 2. The molecule has 3 rings (SSSR count). The minimum Gasteiger partial charge on any atom is -0.504 e. The van der Waals surface area contributed by atoms with Crippen LogP contribution in [0.3, 0.4) is 0 Å². The van der Waals surface area contributed by atoms with Crippen molar-refractivity contribution in [1.82, 2.24) is 0 Å². The molecule has 0 saturated heterocycles. The van der Waals surface area contributed by atoms with Crippen LogP contribution in [-0.4, -0.2) is 36.3 Å². The van der Waals surface area contributed by atoms with E-state index in [0.717, 1.165) is 6.26 Å². The number of hydrogen-bond acceptors (Lipinski definition) is 6. The van der Waals surface area contributed by atoms with Gasteiger partial charge in [-0.3, -0.25) is 4.79 Å². The van der Waals surface area contributed by atoms with Gasteiger partial charge in [0.05, 0.1) is 10.5 Å². The SMILES string of the molecule is CC1(C)OC(c2ccc(S(C)(=O)=O)cc2)=C(c2ccc(O)c(O)c2)C1=O. The van der Waals surface area contributed by atoms with E-state index in [1.165, 1.54) is 30.3 Å². The fraction of sp³-hybridized carbons (Fsp3) is 0.211. The maximum Gasteiger partial charge on any atom is 0.210 e. The zero-order chi connectivity index (χ0) is 19.3. The van der Waals surface area contributed by atoms with Crippen molar-refractivity contribution in [3.63, 3.8) is 0 Å². The molecule has 0 fully saturated rings. The average molecular weight is 374 g/mol. The number of ketones is 1. The van der Waals surface area contributed by atoms with Crippen LogP contribution in [0.1, 0.15) is 25.0 Å². The number of carbonyl (C=O) groups is 1. The van der Waals surface area contributed by atoms with Gasteiger partial charge in [0, 0.05) is 11.8 Å². The second-order valence-corrected chi connectivity index (χ2v) is 8.66. The monoisotopic (exact) mass is 374 g/mol. The maximum atomic E-state index is 12.8. The predicted molar refractivity (Wildman–Crippen MR) is 96.3 cm³/mol. The largest absolute Gasteiger partial charge is 0.504 e. The zero-order valence-corrected chi connectivity index (χ0v) is 15.3. The van der Waals surface area contributed by atoms with Crippen molar-refractivity contribution < 1.29 is 28.2 Å². The summed E-state index contributed by atoms with van der Waals surface area (Å²) in [7, 11) is -3.34. The summed E-state index contributed by atoms with van der Waals surface area (Å²) >= 11 is 0. The molecule has 7 heteroatoms. The van der Waals surface area contributed by atoms with E-state index in [9.17, 15) is 23.4 Å². The average Bonchev–Trinajstić information content (AvgIpc) is 2.80. The molecule has 0 atom stereocenters. The lowest BCUT2D eigenvalue weighted by molar-refractivity contribution is -0.125. The number of Topliss-reactive ketones (excluding diaryl/α,β-unsaturated/α-hetero) is 1. The van der Waals surface area contributed by atoms with Gasteiger partial charge in [-0.2, -0.15) is 0 Å². The summed E-state index contributed by atoms with van der Waals surface area (Å²) in [6.07, 6.45) is 1.12. The standard InChI is InChI=1S/C19H18O6S/c1-19(2)18(22)16(12-6-9-14(20)15(21)10-12)17(25-19)11-4-7-13(8-5-11)26(3,23)24/h4-10,20-21H,1-3H3. The first-order valence-corrected chi connectivity index (χ1v) is 9.71. The molecule has 6 nitrogen and oxygen atoms in total. The van der Waals surface area contributed by atoms with E-state index in [-0.39, 0.29) is 27.8 Å². The Bertz CT molecular complexity index is 1030. The Morgan fingerprint density at radius 2 is 1.50 bits per heavy atom. The van der Waals surface area contributed by atoms with Crippen molar-refractivity contribution in [2.45, 2.75) is 24.3 Å². The van der Waals surface area contributed by atoms with Gasteiger partial charge in [-0.15, -0.1) is 0 Å². The van der Waals surface area contributed by atoms with Crippen LogP contribution in [-0.2, 0) is 19.4 Å². The molecule has 1 heterocycles. The van der Waals surface area contributed by atoms with E-state index in [1.807, 2.05) is 0 Å². The molecule has 2 aromatic rings. The Morgan fingerprint density at radius 3 is 2.04 bits per heavy atom. The molecule has 0 spiro atoms. The van der Waals surface area contributed by atoms with Crippen LogP contribution in [0.2, 0.25) is 0 Å². The van der Waals surface area contributed by atoms with Crippen LogP contribution < -0.4 is 0 Å². The highest BCUT2D eigenvalue weighted by Gasteiger charge is 2.42. The highest BCUT2D eigenvalue weighted by molar-refractivity contribution is 7.90. The van der Waals surface area contributed by atoms with Gasteiger partial charge in [-0.1, -0.05) is 6.07 Å². The molecule has 0 saturated carbocycles. The number of phenolic OH excluding ortho intramolecular Hbond substituents is 2. The molecule has 0 radical (unpaired) electrons. The van der Waals surface area contributed by atoms with Crippen molar-refractivity contribution in [3.05, 3.63) is 53.6 Å². The smallest absolute Gasteiger partial charge is 0.210 e. The molecular weight excluding hydrogens is 356 g/mol. The number of phenols is 2. The van der Waals surface area contributed by atoms with Crippen molar-refractivity contribution in [3.8, 4) is 11.5 Å². The Labute approximate surface area is 151 Å². The molecule has 2 aromatic carbocycles. The normalized spacial score (nSPS) is 16.7. The molecule has 0 aromatic heterocycles. The zero-order valence-electron chi connectivity index (χ0n) is 14.5. The molecular formula is C19H18O6S. The van der Waals surface area contributed by atoms with E-state index in [0.29, 0.717) is 16.9 Å². The van der Waals surface area contributed by atoms with Crippen molar-refractivity contribution in [2.75, 3.05) is 6.26 Å². The summed E-state index contributed by atoms with van der Waals surface area (Å²) in [5, 5.41) is 19.3. The first-order valence-electron chi connectivity index (χ1n) is 7.81. The van der Waals surface area contributed by atoms with E-state index in [4.69, 9.17) is 4.74 Å². The first-order chi connectivity index (χ1) is 12.0. The van der Waals surface area contributed by atoms with Crippen LogP contribution in [0.15, 0.2) is 47.4 Å². The number of sulfone groups is 1. The first kappa shape index (κ1) is 18.0. The minimum atomic E-state index is -3.34. The second kappa shape index (κ2) is 5.88. The highest BCUT2D eigenvalue weighted by atomic mass is 32.2. The van der Waals surface area contributed by atoms with Gasteiger partial charge < -0.3 is 14.9 Å². The third-order valence-corrected chi connectivity index (χ3v) is 5.30. The van der Waals surface area contributed by atoms with Crippen LogP contribution in [0.5, 0.6) is 11.5 Å². The Hall–Kier alpha value is -2.80. The van der Waals surface area contributed by atoms with Gasteiger partial charge in [0.25, 0.3) is 0 Å². The molecule has 1 aliphatic heterocycles. The van der Waals surface area contributed by atoms with Crippen LogP contribution in [0.25, 0.3) is 11.3 Å². The third-order valence-electron chi connectivity index (χ3n) is 4.17. The highest BCUT2D eigenvalue weighted by Crippen LogP contribution is 2.42. The van der Waals surface area contributed by atoms with Gasteiger partial charge >= 0.3 is 0 Å². The van der Waals surface area contributed by atoms with Crippen LogP contribution in [0.4, 0.5) is 0 Å². The maximum absolute atomic E-state index is 12.8. The number of aromatic hydroxyl groups is 2. The van der Waals surface area contributed by atoms with E-state index in [1.54, 1.807) is 26.0 Å². The number of hydrogen-bond donors (Lipinski definition) is 2. The minimum absolute atomic E-state index is 0.161. The molecule has 1 aliphatic rings. The molecule has 0 unspecified atom stereocenters. The fourth-order valence-corrected chi connectivity index (χ4v) is 3.39. The molecule has 0 amide bonds. The lowest BCUT2D eigenvalue weighted by atomic mass is 9.92. The van der Waals surface area contributed by atoms with E-state index in [2.05, 4.69) is 0 Å². The fourth-order valence-electron chi connectivity index (χ4n) is 2.75. The third kappa shape index (κ3) is 3.06. The number of carbonyl (C=O) groups excluding carboxylic acids is 1. The summed E-state index contributed by atoms with van der Waals surface area (Å²) in [5.41, 5.74) is 0.0996. The number of rotatable bonds is 3. The summed E-state index contributed by atoms with van der Waals surface area (Å²) in [6, 6.07) is 10.1. The van der Waals surface area contributed by atoms with E-state index >= 15 is 0 Å². The van der Waals surface area contributed by atoms with E-state index < -0.39 is 15.4 Å². The molecule has 0 bridgehead atoms. The van der Waals surface area contributed by atoms with Crippen LogP contribution >= 0.6 is 0 Å². The van der Waals surface area contributed by atoms with Crippen molar-refractivity contribution in [1.29, 1.82) is 0 Å². The van der Waals surface area contributed by atoms with Gasteiger partial charge in [-0.05, 0) is 55.8 Å². The van der Waals surface area contributed by atoms with Gasteiger partial charge in [0.2, 0.25) is 5.78 Å². The second-order valence-electron chi connectivity index (χ2n) is 6.65. The van der Waals surface area contributed by atoms with Crippen molar-refractivity contribution >= 4 is 27.0 Å². The lowest BCUT2D eigenvalue weighted by Crippen LogP contribution is -2.29. The van der Waals surface area contributed by atoms with Crippen molar-refractivity contribution in [2.24, 2.45) is 0 Å². The van der Waals surface area contributed by atoms with Crippen LogP contribution in [0, 0.1) is 0 Å².